The van der Waals surface area contributed by atoms with Crippen LogP contribution in [0.25, 0.3) is 0 Å². The number of aliphatic hydroxyl groups excluding tert-OH is 1. The summed E-state index contributed by atoms with van der Waals surface area (Å²) in [5, 5.41) is 23.1. The Kier molecular flexibility index (Phi) is 14.9. The lowest BCUT2D eigenvalue weighted by Gasteiger charge is -2.40. The predicted molar refractivity (Wildman–Crippen MR) is 173 cm³/mol. The van der Waals surface area contributed by atoms with Gasteiger partial charge in [0.2, 0.25) is 0 Å². The monoisotopic (exact) mass is 581 g/mol. The van der Waals surface area contributed by atoms with Gasteiger partial charge in [-0.3, -0.25) is 0 Å². The number of oxime groups is 1. The van der Waals surface area contributed by atoms with Crippen molar-refractivity contribution in [2.45, 2.75) is 155 Å². The molecule has 5 nitrogen and oxygen atoms in total. The number of nitrogens with zero attached hydrogens (tertiary/aromatic N) is 1. The summed E-state index contributed by atoms with van der Waals surface area (Å²) in [4.78, 5) is 0. The van der Waals surface area contributed by atoms with Crippen LogP contribution in [-0.4, -0.2) is 51.5 Å². The molecule has 1 saturated carbocycles. The van der Waals surface area contributed by atoms with Gasteiger partial charge < -0.3 is 19.2 Å². The fourth-order valence-corrected chi connectivity index (χ4v) is 7.31. The van der Waals surface area contributed by atoms with Gasteiger partial charge in [-0.05, 0) is 68.4 Å². The molecule has 0 spiro atoms. The Bertz CT molecular complexity index is 793. The van der Waals surface area contributed by atoms with Gasteiger partial charge in [-0.2, -0.15) is 0 Å². The lowest BCUT2D eigenvalue weighted by atomic mass is 9.89. The molecule has 4 atom stereocenters. The third-order valence-electron chi connectivity index (χ3n) is 9.34. The van der Waals surface area contributed by atoms with E-state index in [-0.39, 0.29) is 40.7 Å². The van der Waals surface area contributed by atoms with Gasteiger partial charge >= 0.3 is 0 Å². The molecule has 0 aliphatic heterocycles. The summed E-state index contributed by atoms with van der Waals surface area (Å²) in [6.45, 7) is 25.6. The Labute approximate surface area is 243 Å². The molecule has 0 aromatic carbocycles. The molecule has 0 bridgehead atoms. The summed E-state index contributed by atoms with van der Waals surface area (Å²) in [6, 6.07) is 0. The summed E-state index contributed by atoms with van der Waals surface area (Å²) in [7, 11) is -3.95. The van der Waals surface area contributed by atoms with E-state index >= 15 is 0 Å². The van der Waals surface area contributed by atoms with Crippen molar-refractivity contribution in [1.82, 2.24) is 0 Å². The van der Waals surface area contributed by atoms with Crippen LogP contribution in [0.2, 0.25) is 36.3 Å². The summed E-state index contributed by atoms with van der Waals surface area (Å²) in [6.07, 6.45) is 18.1. The molecule has 2 N–H and O–H groups in total. The van der Waals surface area contributed by atoms with E-state index in [1.54, 1.807) is 0 Å². The van der Waals surface area contributed by atoms with E-state index in [4.69, 9.17) is 14.0 Å². The van der Waals surface area contributed by atoms with Crippen LogP contribution in [-0.2, 0) is 8.85 Å². The van der Waals surface area contributed by atoms with Crippen molar-refractivity contribution in [3.05, 3.63) is 24.3 Å². The molecule has 228 valence electrons. The number of hydrogen-bond donors (Lipinski definition) is 2. The van der Waals surface area contributed by atoms with Crippen molar-refractivity contribution in [1.29, 1.82) is 0 Å². The van der Waals surface area contributed by atoms with Crippen LogP contribution in [0.3, 0.4) is 0 Å². The van der Waals surface area contributed by atoms with Crippen molar-refractivity contribution in [2.24, 2.45) is 17.0 Å². The first kappa shape index (κ1) is 36.3. The molecule has 0 radical (unpaired) electrons. The van der Waals surface area contributed by atoms with Crippen molar-refractivity contribution in [2.75, 3.05) is 6.61 Å². The lowest BCUT2D eigenvalue weighted by molar-refractivity contribution is 0.148. The van der Waals surface area contributed by atoms with E-state index in [1.807, 2.05) is 0 Å². The fraction of sp³-hybridized carbons (Fsp3) is 0.844. The topological polar surface area (TPSA) is 71.3 Å². The molecule has 7 heteroatoms. The van der Waals surface area contributed by atoms with Crippen LogP contribution in [0.15, 0.2) is 29.5 Å². The van der Waals surface area contributed by atoms with Crippen LogP contribution < -0.4 is 0 Å². The standard InChI is InChI=1S/C32H63NO4Si2/c1-12-13-17-20-26(36-38(8,9)31(2,3)4)22-23-28-27(21-18-15-14-16-19-24-34)29(33-35)25-30(28)37-39(10,11)32(5,6)7/h15,18,22-23,26-28,30,34-35H,12-14,16-17,19-21,24-25H2,1-11H3/b18-15-,23-22+,33-29+/t26-,27+,28+,30+/m0/s1. The highest BCUT2D eigenvalue weighted by Crippen LogP contribution is 2.44. The van der Waals surface area contributed by atoms with Crippen LogP contribution in [0.5, 0.6) is 0 Å². The number of hydrogen-bond acceptors (Lipinski definition) is 5. The number of allylic oxidation sites excluding steroid dienone is 2. The molecule has 0 saturated heterocycles. The highest BCUT2D eigenvalue weighted by atomic mass is 28.4. The van der Waals surface area contributed by atoms with Gasteiger partial charge in [0.15, 0.2) is 16.6 Å². The van der Waals surface area contributed by atoms with Crippen molar-refractivity contribution >= 4 is 22.3 Å². The number of aliphatic hydroxyl groups is 1. The maximum Gasteiger partial charge on any atom is 0.192 e. The summed E-state index contributed by atoms with van der Waals surface area (Å²) < 4.78 is 13.9. The van der Waals surface area contributed by atoms with E-state index in [2.05, 4.69) is 104 Å². The number of rotatable bonds is 16. The van der Waals surface area contributed by atoms with Gasteiger partial charge in [0.25, 0.3) is 0 Å². The van der Waals surface area contributed by atoms with Gasteiger partial charge in [0.05, 0.1) is 17.9 Å². The molecule has 39 heavy (non-hydrogen) atoms. The van der Waals surface area contributed by atoms with Gasteiger partial charge in [-0.1, -0.05) is 97.2 Å². The second kappa shape index (κ2) is 16.0. The number of unbranched alkanes of at least 4 members (excludes halogenated alkanes) is 4. The Morgan fingerprint density at radius 1 is 0.949 bits per heavy atom. The summed E-state index contributed by atoms with van der Waals surface area (Å²) in [5.74, 6) is 0.253. The first-order chi connectivity index (χ1) is 18.0. The van der Waals surface area contributed by atoms with Crippen LogP contribution >= 0.6 is 0 Å². The van der Waals surface area contributed by atoms with E-state index in [0.717, 1.165) is 44.2 Å². The zero-order chi connectivity index (χ0) is 29.9. The molecule has 0 heterocycles. The van der Waals surface area contributed by atoms with Crippen molar-refractivity contribution in [3.8, 4) is 0 Å². The molecule has 0 amide bonds. The van der Waals surface area contributed by atoms with Gasteiger partial charge in [-0.15, -0.1) is 0 Å². The molecule has 0 aromatic heterocycles. The normalized spacial score (nSPS) is 23.5. The SMILES string of the molecule is CCCCC[C@@H](/C=C/[C@H]1[C@H](O[Si](C)(C)C(C)(C)C)C/C(=N\O)[C@@H]1C/C=C\CCCCO)O[Si](C)(C)C(C)(C)C. The molecule has 0 aromatic rings. The summed E-state index contributed by atoms with van der Waals surface area (Å²) >= 11 is 0. The van der Waals surface area contributed by atoms with Gasteiger partial charge in [0, 0.05) is 24.9 Å². The van der Waals surface area contributed by atoms with Crippen LogP contribution in [0, 0.1) is 11.8 Å². The Morgan fingerprint density at radius 2 is 1.59 bits per heavy atom. The van der Waals surface area contributed by atoms with Crippen molar-refractivity contribution < 1.29 is 19.2 Å². The smallest absolute Gasteiger partial charge is 0.192 e. The van der Waals surface area contributed by atoms with E-state index in [0.29, 0.717) is 6.42 Å². The minimum absolute atomic E-state index is 0.00462. The molecule has 1 fully saturated rings. The van der Waals surface area contributed by atoms with Crippen LogP contribution in [0.4, 0.5) is 0 Å². The maximum atomic E-state index is 10.0. The minimum Gasteiger partial charge on any atom is -0.413 e. The quantitative estimate of drug-likeness (QED) is 0.0626. The second-order valence-corrected chi connectivity index (χ2v) is 24.1. The molecule has 1 aliphatic rings. The molecular formula is C32H63NO4Si2. The van der Waals surface area contributed by atoms with Crippen molar-refractivity contribution in [3.63, 3.8) is 0 Å². The second-order valence-electron chi connectivity index (χ2n) is 14.6. The van der Waals surface area contributed by atoms with Crippen LogP contribution in [0.1, 0.15) is 106 Å². The lowest BCUT2D eigenvalue weighted by Crippen LogP contribution is -2.45. The average Bonchev–Trinajstić information content (AvgIpc) is 3.13. The highest BCUT2D eigenvalue weighted by Gasteiger charge is 2.46. The molecule has 0 unspecified atom stereocenters. The third-order valence-corrected chi connectivity index (χ3v) is 18.3. The van der Waals surface area contributed by atoms with Gasteiger partial charge in [0.1, 0.15) is 0 Å². The largest absolute Gasteiger partial charge is 0.413 e. The first-order valence-corrected chi connectivity index (χ1v) is 21.3. The predicted octanol–water partition coefficient (Wildman–Crippen LogP) is 9.48. The Balaban J connectivity index is 3.32. The average molecular weight is 582 g/mol. The third kappa shape index (κ3) is 11.6. The molecule has 1 aliphatic carbocycles. The Morgan fingerprint density at radius 3 is 2.13 bits per heavy atom. The molecular weight excluding hydrogens is 519 g/mol. The summed E-state index contributed by atoms with van der Waals surface area (Å²) in [5.41, 5.74) is 0.848. The minimum atomic E-state index is -2.02. The van der Waals surface area contributed by atoms with E-state index < -0.39 is 16.6 Å². The van der Waals surface area contributed by atoms with E-state index in [1.165, 1.54) is 12.8 Å². The van der Waals surface area contributed by atoms with Gasteiger partial charge in [-0.25, -0.2) is 0 Å². The first-order valence-electron chi connectivity index (χ1n) is 15.5. The molecule has 1 rings (SSSR count). The Hall–Kier alpha value is -0.736. The zero-order valence-electron chi connectivity index (χ0n) is 27.3. The highest BCUT2D eigenvalue weighted by molar-refractivity contribution is 6.74. The zero-order valence-corrected chi connectivity index (χ0v) is 29.3. The maximum absolute atomic E-state index is 10.0. The van der Waals surface area contributed by atoms with E-state index in [9.17, 15) is 5.21 Å². The fourth-order valence-electron chi connectivity index (χ4n) is 4.65.